The molecule has 0 spiro atoms. The Hall–Kier alpha value is -12.5. The van der Waals surface area contributed by atoms with E-state index in [9.17, 15) is 110 Å². The molecule has 0 N–H and O–H groups in total. The van der Waals surface area contributed by atoms with Gasteiger partial charge >= 0.3 is 0 Å². The Morgan fingerprint density at radius 2 is 0.508 bits per heavy atom. The molecule has 0 saturated carbocycles. The van der Waals surface area contributed by atoms with E-state index in [0.29, 0.717) is 205 Å². The number of halogens is 25. The Morgan fingerprint density at radius 3 is 0.758 bits per heavy atom. The molecule has 5 aliphatic rings. The van der Waals surface area contributed by atoms with E-state index in [1.54, 1.807) is 6.08 Å². The van der Waals surface area contributed by atoms with Crippen LogP contribution in [0.5, 0.6) is 0 Å². The topological polar surface area (TPSA) is 0 Å². The van der Waals surface area contributed by atoms with Crippen LogP contribution in [0, 0.1) is 234 Å². The van der Waals surface area contributed by atoms with Crippen LogP contribution >= 0.6 is 0 Å². The normalized spacial score (nSPS) is 15.9. The van der Waals surface area contributed by atoms with Gasteiger partial charge in [-0.05, 0) is 292 Å². The molecule has 132 heavy (non-hydrogen) atoms. The van der Waals surface area contributed by atoms with E-state index < -0.39 is 173 Å². The Balaban J connectivity index is 0.000000159. The highest BCUT2D eigenvalue weighted by Crippen LogP contribution is 2.39. The molecule has 686 valence electrons. The van der Waals surface area contributed by atoms with Crippen molar-refractivity contribution in [2.24, 2.45) is 29.6 Å². The summed E-state index contributed by atoms with van der Waals surface area (Å²) in [5.41, 5.74) is 2.15. The van der Waals surface area contributed by atoms with Crippen LogP contribution in [0.25, 0.3) is 0 Å². The van der Waals surface area contributed by atoms with Crippen molar-refractivity contribution in [1.29, 1.82) is 0 Å². The number of rotatable bonds is 11. The van der Waals surface area contributed by atoms with Crippen LogP contribution in [0.4, 0.5) is 110 Å². The zero-order valence-corrected chi connectivity index (χ0v) is 71.5. The second-order valence-electron chi connectivity index (χ2n) is 32.7. The predicted molar refractivity (Wildman–Crippen MR) is 454 cm³/mol. The second kappa shape index (κ2) is 45.5. The van der Waals surface area contributed by atoms with E-state index in [4.69, 9.17) is 0 Å². The quantitative estimate of drug-likeness (QED) is 0.0398. The number of benzene rings is 10. The van der Waals surface area contributed by atoms with Gasteiger partial charge in [0.1, 0.15) is 58.2 Å². The van der Waals surface area contributed by atoms with Crippen LogP contribution in [0.1, 0.15) is 216 Å². The molecule has 0 radical (unpaired) electrons. The van der Waals surface area contributed by atoms with Gasteiger partial charge in [0, 0.05) is 27.8 Å². The molecule has 5 atom stereocenters. The number of hydrogen-bond acceptors (Lipinski definition) is 0. The molecule has 25 heteroatoms. The summed E-state index contributed by atoms with van der Waals surface area (Å²) < 4.78 is 342. The first kappa shape index (κ1) is 100. The van der Waals surface area contributed by atoms with Crippen molar-refractivity contribution in [3.05, 3.63) is 385 Å². The molecular formula is C107H83F25. The fraction of sp³-hybridized carbons (Fsp3) is 0.290. The maximum Gasteiger partial charge on any atom is 0.194 e. The molecule has 0 aliphatic heterocycles. The molecule has 10 aromatic carbocycles. The number of hydrogen-bond donors (Lipinski definition) is 0. The minimum absolute atomic E-state index is 0.174. The number of allylic oxidation sites excluding steroid dienone is 4. The van der Waals surface area contributed by atoms with E-state index >= 15 is 0 Å². The Labute approximate surface area is 748 Å². The fourth-order valence-corrected chi connectivity index (χ4v) is 16.7. The van der Waals surface area contributed by atoms with E-state index in [1.807, 2.05) is 25.2 Å². The minimum atomic E-state index is -1.62. The highest BCUT2D eigenvalue weighted by atomic mass is 19.2. The van der Waals surface area contributed by atoms with Gasteiger partial charge < -0.3 is 0 Å². The van der Waals surface area contributed by atoms with Gasteiger partial charge in [0.2, 0.25) is 0 Å². The van der Waals surface area contributed by atoms with Crippen molar-refractivity contribution >= 4 is 0 Å². The third-order valence-corrected chi connectivity index (χ3v) is 23.6. The standard InChI is InChI=1S/C23H21F5.C22H17F5.C21H17F5.C21H15F5.C20H13F5/c1-2-3-4-5-14-6-8-17-16(10-14)13-19(24)18(22(17)27)9-7-15-11-20(25)23(28)21(26)12-15;1-2-3-4-13-5-7-16-15(9-13)12-18(23)17(21(16)26)8-6-14-10-19(24)22(27)20(25)11-14;2*1-2-3-12-4-6-15-14(8-12)11-17(22)16(20(15)25)7-5-13-9-18(23)21(26)19(24)10-13;1-2-11-3-5-14-13(7-11)10-16(21)15(19(14)24)6-4-12-8-17(22)20(25)18(23)9-12/h11-14H,2-6,8,10H2,1H3;2,10-13H,1,3-5,7,9H2;9-12H,2-4,6,8H2,1H3;2-3,9-12H,4,6,8H2,1H3;2,8-11H,1,3,5,7H2/b;;;3-2+;. The lowest BCUT2D eigenvalue weighted by Gasteiger charge is -2.25. The maximum absolute atomic E-state index is 14.8. The van der Waals surface area contributed by atoms with Gasteiger partial charge in [-0.15, -0.1) is 13.2 Å². The highest BCUT2D eigenvalue weighted by molar-refractivity contribution is 5.55. The van der Waals surface area contributed by atoms with E-state index in [1.165, 1.54) is 30.3 Å². The molecule has 0 amide bonds. The maximum atomic E-state index is 14.8. The zero-order chi connectivity index (χ0) is 95.6. The summed E-state index contributed by atoms with van der Waals surface area (Å²) in [7, 11) is 0. The number of fused-ring (bicyclic) bond motifs is 5. The predicted octanol–water partition coefficient (Wildman–Crippen LogP) is 28.5. The molecule has 0 fully saturated rings. The Morgan fingerprint density at radius 1 is 0.265 bits per heavy atom. The van der Waals surface area contributed by atoms with Gasteiger partial charge in [0.25, 0.3) is 0 Å². The molecular weight excluding hydrogens is 1760 g/mol. The molecule has 0 aromatic heterocycles. The molecule has 15 rings (SSSR count). The van der Waals surface area contributed by atoms with E-state index in [-0.39, 0.29) is 39.7 Å². The summed E-state index contributed by atoms with van der Waals surface area (Å²) in [6, 6.07) is 13.3. The zero-order valence-electron chi connectivity index (χ0n) is 71.5. The molecule has 10 aromatic rings. The van der Waals surface area contributed by atoms with Crippen molar-refractivity contribution in [1.82, 2.24) is 0 Å². The summed E-state index contributed by atoms with van der Waals surface area (Å²) in [4.78, 5) is 0. The van der Waals surface area contributed by atoms with Crippen LogP contribution in [-0.2, 0) is 64.2 Å². The third-order valence-electron chi connectivity index (χ3n) is 23.6. The smallest absolute Gasteiger partial charge is 0.194 e. The SMILES string of the molecule is C/C=C/C1CCc2c(cc(F)c(C#Cc3cc(F)c(F)c(F)c3)c2F)C1.C=CC1CCc2c(cc(F)c(C#Cc3cc(F)c(F)c(F)c3)c2F)C1.C=CCCC1CCc2c(cc(F)c(C#Cc3cc(F)c(F)c(F)c3)c2F)C1.CCCC1CCc2c(cc(F)c(C#Cc3cc(F)c(F)c(F)c3)c2F)C1.CCCCCC1CCc2c(cc(F)c(C#Cc3cc(F)c(F)c(F)c3)c2F)C1. The van der Waals surface area contributed by atoms with Crippen LogP contribution < -0.4 is 0 Å². The summed E-state index contributed by atoms with van der Waals surface area (Å²) in [5.74, 6) is -5.19. The first-order chi connectivity index (χ1) is 63.0. The van der Waals surface area contributed by atoms with Gasteiger partial charge in [0.15, 0.2) is 87.3 Å². The average Bonchev–Trinajstić information content (AvgIpc) is 0.800. The largest absolute Gasteiger partial charge is 0.206 e. The molecule has 0 bridgehead atoms. The lowest BCUT2D eigenvalue weighted by Crippen LogP contribution is -2.17. The van der Waals surface area contributed by atoms with Crippen LogP contribution in [0.2, 0.25) is 0 Å². The van der Waals surface area contributed by atoms with Gasteiger partial charge in [-0.1, -0.05) is 136 Å². The van der Waals surface area contributed by atoms with Crippen molar-refractivity contribution in [3.63, 3.8) is 0 Å². The number of unbranched alkanes of at least 4 members (excludes halogenated alkanes) is 2. The molecule has 0 heterocycles. The minimum Gasteiger partial charge on any atom is -0.206 e. The molecule has 5 aliphatic carbocycles. The van der Waals surface area contributed by atoms with Gasteiger partial charge in [-0.3, -0.25) is 0 Å². The Kier molecular flexibility index (Phi) is 34.5. The van der Waals surface area contributed by atoms with Crippen molar-refractivity contribution in [2.45, 2.75) is 168 Å². The van der Waals surface area contributed by atoms with Crippen LogP contribution in [-0.4, -0.2) is 0 Å². The lowest BCUT2D eigenvalue weighted by molar-refractivity contribution is 0.399. The van der Waals surface area contributed by atoms with Crippen LogP contribution in [0.3, 0.4) is 0 Å². The Bertz CT molecular complexity index is 6340. The first-order valence-electron chi connectivity index (χ1n) is 42.7. The fourth-order valence-electron chi connectivity index (χ4n) is 16.7. The molecule has 5 unspecified atom stereocenters. The van der Waals surface area contributed by atoms with Gasteiger partial charge in [-0.25, -0.2) is 110 Å². The van der Waals surface area contributed by atoms with E-state index in [2.05, 4.69) is 86.2 Å². The highest BCUT2D eigenvalue weighted by Gasteiger charge is 2.31. The third kappa shape index (κ3) is 24.6. The second-order valence-corrected chi connectivity index (χ2v) is 32.7. The summed E-state index contributed by atoms with van der Waals surface area (Å²) in [6.07, 6.45) is 25.1. The summed E-state index contributed by atoms with van der Waals surface area (Å²) >= 11 is 0. The summed E-state index contributed by atoms with van der Waals surface area (Å²) in [5, 5.41) is 0. The van der Waals surface area contributed by atoms with Gasteiger partial charge in [-0.2, -0.15) is 0 Å². The first-order valence-corrected chi connectivity index (χ1v) is 42.7. The summed E-state index contributed by atoms with van der Waals surface area (Å²) in [6.45, 7) is 13.5. The molecule has 0 nitrogen and oxygen atoms in total. The monoisotopic (exact) mass is 1840 g/mol. The van der Waals surface area contributed by atoms with Crippen LogP contribution in [0.15, 0.2) is 128 Å². The van der Waals surface area contributed by atoms with Crippen molar-refractivity contribution < 1.29 is 110 Å². The lowest BCUT2D eigenvalue weighted by atomic mass is 9.80. The average molecular weight is 1840 g/mol. The van der Waals surface area contributed by atoms with E-state index in [0.717, 1.165) is 77.0 Å². The van der Waals surface area contributed by atoms with Crippen molar-refractivity contribution in [3.8, 4) is 59.2 Å². The van der Waals surface area contributed by atoms with Crippen molar-refractivity contribution in [2.75, 3.05) is 0 Å². The molecule has 0 saturated heterocycles. The van der Waals surface area contributed by atoms with Gasteiger partial charge in [0.05, 0.1) is 27.8 Å².